The molecule has 0 aliphatic heterocycles. The highest BCUT2D eigenvalue weighted by atomic mass is 79.9. The van der Waals surface area contributed by atoms with Gasteiger partial charge in [-0.15, -0.1) is 0 Å². The molecule has 0 atom stereocenters. The minimum Gasteiger partial charge on any atom is -0.477 e. The van der Waals surface area contributed by atoms with E-state index >= 15 is 0 Å². The van der Waals surface area contributed by atoms with Gasteiger partial charge in [0, 0.05) is 8.95 Å². The Bertz CT molecular complexity index is 586. The molecule has 0 aliphatic carbocycles. The predicted octanol–water partition coefficient (Wildman–Crippen LogP) is 4.25. The number of carbonyl (C=O) groups is 2. The first kappa shape index (κ1) is 18.7. The van der Waals surface area contributed by atoms with Crippen LogP contribution in [0.1, 0.15) is 26.3 Å². The molecule has 1 rings (SSSR count). The van der Waals surface area contributed by atoms with Crippen LogP contribution in [-0.4, -0.2) is 22.8 Å². The topological polar surface area (TPSA) is 75.6 Å². The van der Waals surface area contributed by atoms with Gasteiger partial charge in [0.2, 0.25) is 0 Å². The average molecular weight is 435 g/mol. The molecule has 0 bridgehead atoms. The van der Waals surface area contributed by atoms with Gasteiger partial charge in [0.15, 0.2) is 0 Å². The fourth-order valence-corrected chi connectivity index (χ4v) is 2.94. The molecule has 0 aromatic heterocycles. The lowest BCUT2D eigenvalue weighted by molar-refractivity contribution is -0.133. The van der Waals surface area contributed by atoms with Gasteiger partial charge >= 0.3 is 12.1 Å². The molecule has 120 valence electrons. The molecule has 7 heteroatoms. The molecule has 2 N–H and O–H groups in total. The van der Waals surface area contributed by atoms with E-state index in [1.807, 2.05) is 18.2 Å². The van der Waals surface area contributed by atoms with E-state index in [2.05, 4.69) is 37.2 Å². The van der Waals surface area contributed by atoms with E-state index in [9.17, 15) is 9.59 Å². The van der Waals surface area contributed by atoms with E-state index < -0.39 is 17.7 Å². The van der Waals surface area contributed by atoms with Gasteiger partial charge in [-0.25, -0.2) is 9.59 Å². The largest absolute Gasteiger partial charge is 0.477 e. The molecule has 0 saturated carbocycles. The van der Waals surface area contributed by atoms with Crippen LogP contribution in [0.4, 0.5) is 4.79 Å². The second-order valence-electron chi connectivity index (χ2n) is 5.53. The van der Waals surface area contributed by atoms with E-state index in [-0.39, 0.29) is 5.70 Å². The van der Waals surface area contributed by atoms with Gasteiger partial charge in [-0.1, -0.05) is 31.9 Å². The lowest BCUT2D eigenvalue weighted by Gasteiger charge is -2.19. The summed E-state index contributed by atoms with van der Waals surface area (Å²) in [5, 5.41) is 11.4. The monoisotopic (exact) mass is 433 g/mol. The Morgan fingerprint density at radius 3 is 2.23 bits per heavy atom. The van der Waals surface area contributed by atoms with Crippen molar-refractivity contribution in [2.75, 3.05) is 0 Å². The predicted molar refractivity (Wildman–Crippen MR) is 90.6 cm³/mol. The zero-order chi connectivity index (χ0) is 16.9. The Hall–Kier alpha value is -1.34. The Morgan fingerprint density at radius 1 is 1.23 bits per heavy atom. The summed E-state index contributed by atoms with van der Waals surface area (Å²) in [6.45, 7) is 5.11. The molecule has 0 aliphatic rings. The summed E-state index contributed by atoms with van der Waals surface area (Å²) in [6, 6.07) is 5.62. The third-order valence-electron chi connectivity index (χ3n) is 2.33. The average Bonchev–Trinajstić information content (AvgIpc) is 2.30. The molecule has 5 nitrogen and oxygen atoms in total. The quantitative estimate of drug-likeness (QED) is 0.694. The fourth-order valence-electron chi connectivity index (χ4n) is 1.55. The van der Waals surface area contributed by atoms with Gasteiger partial charge in [-0.3, -0.25) is 5.32 Å². The number of carbonyl (C=O) groups excluding carboxylic acids is 1. The maximum absolute atomic E-state index is 11.6. The van der Waals surface area contributed by atoms with Gasteiger partial charge in [0.1, 0.15) is 11.3 Å². The number of benzene rings is 1. The standard InChI is InChI=1S/C15H17Br2NO4/c1-15(2,3)22-14(21)18-12(13(19)20)5-4-9-6-10(16)8-11(17)7-9/h5-8H,4H2,1-3H3,(H,18,21)(H,19,20). The molecule has 22 heavy (non-hydrogen) atoms. The van der Waals surface area contributed by atoms with Crippen LogP contribution in [0.2, 0.25) is 0 Å². The van der Waals surface area contributed by atoms with Crippen molar-refractivity contribution in [2.24, 2.45) is 0 Å². The van der Waals surface area contributed by atoms with Crippen LogP contribution < -0.4 is 5.32 Å². The van der Waals surface area contributed by atoms with E-state index in [1.54, 1.807) is 20.8 Å². The van der Waals surface area contributed by atoms with Crippen molar-refractivity contribution in [2.45, 2.75) is 32.8 Å². The third kappa shape index (κ3) is 7.09. The second kappa shape index (κ2) is 7.78. The summed E-state index contributed by atoms with van der Waals surface area (Å²) in [5.41, 5.74) is -0.0144. The van der Waals surface area contributed by atoms with Crippen LogP contribution in [0.3, 0.4) is 0 Å². The first-order valence-electron chi connectivity index (χ1n) is 6.45. The zero-order valence-corrected chi connectivity index (χ0v) is 15.6. The molecular formula is C15H17Br2NO4. The van der Waals surface area contributed by atoms with E-state index in [0.717, 1.165) is 14.5 Å². The van der Waals surface area contributed by atoms with Crippen LogP contribution in [0.5, 0.6) is 0 Å². The SMILES string of the molecule is CC(C)(C)OC(=O)NC(=CCc1cc(Br)cc(Br)c1)C(=O)O. The molecule has 0 radical (unpaired) electrons. The highest BCUT2D eigenvalue weighted by Crippen LogP contribution is 2.20. The summed E-state index contributed by atoms with van der Waals surface area (Å²) in [6.07, 6.45) is 0.993. The molecule has 0 unspecified atom stereocenters. The fraction of sp³-hybridized carbons (Fsp3) is 0.333. The normalized spacial score (nSPS) is 12.0. The van der Waals surface area contributed by atoms with Crippen molar-refractivity contribution < 1.29 is 19.4 Å². The summed E-state index contributed by atoms with van der Waals surface area (Å²) in [5.74, 6) is -1.22. The van der Waals surface area contributed by atoms with Crippen LogP contribution in [0.15, 0.2) is 38.9 Å². The Labute approximate surface area is 146 Å². The maximum atomic E-state index is 11.6. The van der Waals surface area contributed by atoms with E-state index in [4.69, 9.17) is 9.84 Å². The highest BCUT2D eigenvalue weighted by Gasteiger charge is 2.19. The number of rotatable bonds is 4. The Kier molecular flexibility index (Phi) is 6.62. The molecule has 1 aromatic rings. The van der Waals surface area contributed by atoms with E-state index in [1.165, 1.54) is 6.08 Å². The molecule has 0 spiro atoms. The lowest BCUT2D eigenvalue weighted by Crippen LogP contribution is -2.34. The minimum absolute atomic E-state index is 0.217. The number of amides is 1. The molecule has 0 fully saturated rings. The highest BCUT2D eigenvalue weighted by molar-refractivity contribution is 9.11. The minimum atomic E-state index is -1.22. The molecule has 1 aromatic carbocycles. The Balaban J connectivity index is 2.82. The first-order chi connectivity index (χ1) is 10.1. The zero-order valence-electron chi connectivity index (χ0n) is 12.4. The van der Waals surface area contributed by atoms with Crippen molar-refractivity contribution in [3.05, 3.63) is 44.5 Å². The number of alkyl carbamates (subject to hydrolysis) is 1. The lowest BCUT2D eigenvalue weighted by atomic mass is 10.1. The van der Waals surface area contributed by atoms with Crippen LogP contribution in [0.25, 0.3) is 0 Å². The van der Waals surface area contributed by atoms with Crippen molar-refractivity contribution in [3.63, 3.8) is 0 Å². The summed E-state index contributed by atoms with van der Waals surface area (Å²) in [4.78, 5) is 22.8. The number of carboxylic acids is 1. The van der Waals surface area contributed by atoms with Gasteiger partial charge in [-0.2, -0.15) is 0 Å². The summed E-state index contributed by atoms with van der Waals surface area (Å²) >= 11 is 6.73. The van der Waals surface area contributed by atoms with Gasteiger partial charge in [0.05, 0.1) is 0 Å². The van der Waals surface area contributed by atoms with Crippen molar-refractivity contribution in [1.82, 2.24) is 5.32 Å². The van der Waals surface area contributed by atoms with Gasteiger partial charge in [0.25, 0.3) is 0 Å². The van der Waals surface area contributed by atoms with Crippen molar-refractivity contribution >= 4 is 43.9 Å². The summed E-state index contributed by atoms with van der Waals surface area (Å²) in [7, 11) is 0. The van der Waals surface area contributed by atoms with Crippen molar-refractivity contribution in [1.29, 1.82) is 0 Å². The molecule has 0 saturated heterocycles. The molecular weight excluding hydrogens is 418 g/mol. The number of halogens is 2. The maximum Gasteiger partial charge on any atom is 0.412 e. The van der Waals surface area contributed by atoms with Gasteiger partial charge < -0.3 is 9.84 Å². The van der Waals surface area contributed by atoms with Crippen LogP contribution in [-0.2, 0) is 16.0 Å². The third-order valence-corrected chi connectivity index (χ3v) is 3.25. The number of hydrogen-bond acceptors (Lipinski definition) is 3. The van der Waals surface area contributed by atoms with Crippen LogP contribution >= 0.6 is 31.9 Å². The molecule has 1 amide bonds. The number of aliphatic carboxylic acids is 1. The molecule has 0 heterocycles. The number of allylic oxidation sites excluding steroid dienone is 1. The second-order valence-corrected chi connectivity index (χ2v) is 7.36. The number of hydrogen-bond donors (Lipinski definition) is 2. The van der Waals surface area contributed by atoms with Crippen LogP contribution in [0, 0.1) is 0 Å². The number of ether oxygens (including phenoxy) is 1. The number of carboxylic acid groups (broad SMARTS) is 1. The first-order valence-corrected chi connectivity index (χ1v) is 8.04. The smallest absolute Gasteiger partial charge is 0.412 e. The summed E-state index contributed by atoms with van der Waals surface area (Å²) < 4.78 is 6.79. The van der Waals surface area contributed by atoms with Crippen molar-refractivity contribution in [3.8, 4) is 0 Å². The Morgan fingerprint density at radius 2 is 1.77 bits per heavy atom. The van der Waals surface area contributed by atoms with Gasteiger partial charge in [-0.05, 0) is 57.0 Å². The number of nitrogens with one attached hydrogen (secondary N) is 1. The van der Waals surface area contributed by atoms with E-state index in [0.29, 0.717) is 6.42 Å².